The number of rotatable bonds is 23. The lowest BCUT2D eigenvalue weighted by atomic mass is 9.82. The average molecular weight is 793 g/mol. The Hall–Kier alpha value is -3.16. The van der Waals surface area contributed by atoms with Crippen molar-refractivity contribution < 1.29 is 37.8 Å². The third-order valence-corrected chi connectivity index (χ3v) is 15.1. The van der Waals surface area contributed by atoms with Crippen molar-refractivity contribution in [1.82, 2.24) is 16.0 Å². The maximum Gasteiger partial charge on any atom is 0.407 e. The molecule has 0 heterocycles. The van der Waals surface area contributed by atoms with Gasteiger partial charge in [0.25, 0.3) is 5.91 Å². The zero-order chi connectivity index (χ0) is 42.4. The SMILES string of the molecule is COCCCCOc1ccccc1C(=O)NC[C@@H](C[C@H](NC(=O)OC(C)(C)C)[C@H](C[C@H](C(=O)NCC(C)(C)C(N)=O)C(C)C)O[Si](C)(C)C(C)(C)C)C(C)C. The molecule has 0 unspecified atom stereocenters. The van der Waals surface area contributed by atoms with Gasteiger partial charge in [0, 0.05) is 32.7 Å². The van der Waals surface area contributed by atoms with Crippen LogP contribution < -0.4 is 26.4 Å². The Morgan fingerprint density at radius 2 is 1.44 bits per heavy atom. The van der Waals surface area contributed by atoms with Crippen molar-refractivity contribution in [2.45, 2.75) is 145 Å². The molecule has 13 heteroatoms. The molecule has 4 atom stereocenters. The molecule has 0 radical (unpaired) electrons. The molecule has 5 N–H and O–H groups in total. The van der Waals surface area contributed by atoms with Crippen LogP contribution in [0.1, 0.15) is 119 Å². The van der Waals surface area contributed by atoms with Gasteiger partial charge in [0.1, 0.15) is 11.4 Å². The molecule has 0 bridgehead atoms. The van der Waals surface area contributed by atoms with Gasteiger partial charge in [0.15, 0.2) is 8.32 Å². The summed E-state index contributed by atoms with van der Waals surface area (Å²) in [6.45, 7) is 29.3. The molecule has 0 saturated heterocycles. The summed E-state index contributed by atoms with van der Waals surface area (Å²) in [6, 6.07) is 6.63. The van der Waals surface area contributed by atoms with Crippen LogP contribution in [-0.2, 0) is 23.5 Å². The molecule has 0 saturated carbocycles. The number of benzene rings is 1. The monoisotopic (exact) mass is 793 g/mol. The Kier molecular flexibility index (Phi) is 19.9. The van der Waals surface area contributed by atoms with E-state index < -0.39 is 49.4 Å². The summed E-state index contributed by atoms with van der Waals surface area (Å²) in [6.07, 6.45) is 1.23. The van der Waals surface area contributed by atoms with Crippen LogP contribution in [0.5, 0.6) is 5.75 Å². The molecule has 1 rings (SSSR count). The highest BCUT2D eigenvalue weighted by atomic mass is 28.4. The first kappa shape index (κ1) is 49.9. The molecule has 55 heavy (non-hydrogen) atoms. The van der Waals surface area contributed by atoms with Crippen molar-refractivity contribution in [3.05, 3.63) is 29.8 Å². The Morgan fingerprint density at radius 1 is 0.836 bits per heavy atom. The van der Waals surface area contributed by atoms with Crippen molar-refractivity contribution in [2.24, 2.45) is 34.8 Å². The lowest BCUT2D eigenvalue weighted by Crippen LogP contribution is -2.55. The predicted molar refractivity (Wildman–Crippen MR) is 222 cm³/mol. The fourth-order valence-electron chi connectivity index (χ4n) is 5.62. The first-order valence-electron chi connectivity index (χ1n) is 20.0. The number of hydrogen-bond acceptors (Lipinski definition) is 8. The summed E-state index contributed by atoms with van der Waals surface area (Å²) >= 11 is 0. The highest BCUT2D eigenvalue weighted by molar-refractivity contribution is 6.74. The van der Waals surface area contributed by atoms with Gasteiger partial charge in [-0.1, -0.05) is 60.6 Å². The van der Waals surface area contributed by atoms with E-state index in [-0.39, 0.29) is 41.2 Å². The third kappa shape index (κ3) is 17.7. The minimum atomic E-state index is -2.49. The molecule has 0 aliphatic carbocycles. The number of nitrogens with two attached hydrogens (primary N) is 1. The summed E-state index contributed by atoms with van der Waals surface area (Å²) in [5.74, 6) is -1.05. The second-order valence-electron chi connectivity index (χ2n) is 18.7. The van der Waals surface area contributed by atoms with Gasteiger partial charge >= 0.3 is 6.09 Å². The molecule has 4 amide bonds. The van der Waals surface area contributed by atoms with Crippen molar-refractivity contribution in [2.75, 3.05) is 33.4 Å². The zero-order valence-corrected chi connectivity index (χ0v) is 37.8. The number of nitrogens with one attached hydrogen (secondary N) is 3. The number of carbonyl (C=O) groups excluding carboxylic acids is 4. The van der Waals surface area contributed by atoms with E-state index in [1.807, 2.05) is 46.8 Å². The topological polar surface area (TPSA) is 167 Å². The standard InChI is InChI=1S/C42H76N4O8Si/c1-28(2)30(26-44-36(47)31-20-16-17-21-34(31)52-23-19-18-22-51-13)24-33(46-39(50)53-40(5,6)7)35(54-55(14,15)41(8,9)10)25-32(29(3)4)37(48)45-27-42(11,12)38(43)49/h16-17,20-21,28-30,32-33,35H,18-19,22-27H2,1-15H3,(H2,43,49)(H,44,47)(H,45,48)(H,46,50)/t30-,32+,33+,35+/m1/s1. The lowest BCUT2D eigenvalue weighted by Gasteiger charge is -2.43. The maximum absolute atomic E-state index is 13.9. The molecule has 0 aliphatic rings. The van der Waals surface area contributed by atoms with Crippen LogP contribution >= 0.6 is 0 Å². The summed E-state index contributed by atoms with van der Waals surface area (Å²) in [5.41, 5.74) is 4.38. The molecule has 0 spiro atoms. The van der Waals surface area contributed by atoms with Gasteiger partial charge in [-0.05, 0) is 108 Å². The van der Waals surface area contributed by atoms with Crippen LogP contribution in [0.4, 0.5) is 4.79 Å². The first-order chi connectivity index (χ1) is 25.2. The molecule has 0 aliphatic heterocycles. The van der Waals surface area contributed by atoms with Crippen molar-refractivity contribution in [3.63, 3.8) is 0 Å². The number of amides is 4. The quantitative estimate of drug-likeness (QED) is 0.0655. The van der Waals surface area contributed by atoms with Crippen LogP contribution in [0, 0.1) is 29.1 Å². The number of primary amides is 1. The number of para-hydroxylation sites is 1. The van der Waals surface area contributed by atoms with Crippen molar-refractivity contribution in [1.29, 1.82) is 0 Å². The van der Waals surface area contributed by atoms with Gasteiger partial charge in [0.05, 0.1) is 29.7 Å². The number of alkyl carbamates (subject to hydrolysis) is 1. The summed E-state index contributed by atoms with van der Waals surface area (Å²) in [4.78, 5) is 53.1. The molecular weight excluding hydrogens is 717 g/mol. The number of unbranched alkanes of at least 4 members (excludes halogenated alkanes) is 1. The summed E-state index contributed by atoms with van der Waals surface area (Å²) in [7, 11) is -0.821. The number of methoxy groups -OCH3 is 1. The highest BCUT2D eigenvalue weighted by Crippen LogP contribution is 2.39. The van der Waals surface area contributed by atoms with E-state index in [4.69, 9.17) is 24.4 Å². The molecule has 12 nitrogen and oxygen atoms in total. The van der Waals surface area contributed by atoms with Crippen LogP contribution in [0.2, 0.25) is 18.1 Å². The molecule has 1 aromatic rings. The number of ether oxygens (including phenoxy) is 3. The minimum Gasteiger partial charge on any atom is -0.493 e. The van der Waals surface area contributed by atoms with E-state index >= 15 is 0 Å². The minimum absolute atomic E-state index is 0.0909. The van der Waals surface area contributed by atoms with Crippen LogP contribution in [-0.4, -0.2) is 83.3 Å². The number of hydrogen-bond donors (Lipinski definition) is 4. The maximum atomic E-state index is 13.9. The van der Waals surface area contributed by atoms with Crippen LogP contribution in [0.3, 0.4) is 0 Å². The molecule has 0 aromatic heterocycles. The van der Waals surface area contributed by atoms with Gasteiger partial charge < -0.3 is 40.3 Å². The second kappa shape index (κ2) is 22.0. The smallest absolute Gasteiger partial charge is 0.407 e. The lowest BCUT2D eigenvalue weighted by molar-refractivity contribution is -0.130. The van der Waals surface area contributed by atoms with E-state index in [0.29, 0.717) is 43.9 Å². The average Bonchev–Trinajstić information content (AvgIpc) is 3.05. The molecule has 316 valence electrons. The normalized spacial score (nSPS) is 14.9. The van der Waals surface area contributed by atoms with Gasteiger partial charge in [-0.2, -0.15) is 0 Å². The van der Waals surface area contributed by atoms with Crippen LogP contribution in [0.15, 0.2) is 24.3 Å². The largest absolute Gasteiger partial charge is 0.493 e. The highest BCUT2D eigenvalue weighted by Gasteiger charge is 2.43. The Bertz CT molecular complexity index is 1370. The van der Waals surface area contributed by atoms with Gasteiger partial charge in [0.2, 0.25) is 11.8 Å². The second-order valence-corrected chi connectivity index (χ2v) is 23.5. The van der Waals surface area contributed by atoms with E-state index in [0.717, 1.165) is 12.8 Å². The van der Waals surface area contributed by atoms with Crippen molar-refractivity contribution >= 4 is 32.1 Å². The van der Waals surface area contributed by atoms with Gasteiger partial charge in [-0.15, -0.1) is 0 Å². The van der Waals surface area contributed by atoms with Gasteiger partial charge in [-0.3, -0.25) is 14.4 Å². The Labute approximate surface area is 333 Å². The summed E-state index contributed by atoms with van der Waals surface area (Å²) in [5, 5.41) is 9.09. The molecular formula is C42H76N4O8Si. The first-order valence-corrected chi connectivity index (χ1v) is 22.9. The summed E-state index contributed by atoms with van der Waals surface area (Å²) < 4.78 is 24.1. The fraction of sp³-hybridized carbons (Fsp3) is 0.762. The Balaban J connectivity index is 3.57. The molecule has 1 aromatic carbocycles. The predicted octanol–water partition coefficient (Wildman–Crippen LogP) is 7.46. The Morgan fingerprint density at radius 3 is 1.96 bits per heavy atom. The van der Waals surface area contributed by atoms with Gasteiger partial charge in [-0.25, -0.2) is 4.79 Å². The fourth-order valence-corrected chi connectivity index (χ4v) is 6.99. The van der Waals surface area contributed by atoms with E-state index in [1.165, 1.54) is 0 Å². The van der Waals surface area contributed by atoms with Crippen molar-refractivity contribution in [3.8, 4) is 5.75 Å². The van der Waals surface area contributed by atoms with Crippen LogP contribution in [0.25, 0.3) is 0 Å². The zero-order valence-electron chi connectivity index (χ0n) is 36.8. The van der Waals surface area contributed by atoms with E-state index in [2.05, 4.69) is 63.7 Å². The van der Waals surface area contributed by atoms with E-state index in [1.54, 1.807) is 33.1 Å². The number of carbonyl (C=O) groups is 4. The third-order valence-electron chi connectivity index (χ3n) is 10.6. The van der Waals surface area contributed by atoms with E-state index in [9.17, 15) is 19.2 Å². The molecule has 0 fully saturated rings.